The molecule has 6 rings (SSSR count). The van der Waals surface area contributed by atoms with E-state index in [9.17, 15) is 4.79 Å². The Labute approximate surface area is 189 Å². The lowest BCUT2D eigenvalue weighted by molar-refractivity contribution is -0.0585. The number of carbonyl (C=O) groups excluding carboxylic acids is 1. The first-order valence-electron chi connectivity index (χ1n) is 10.8. The summed E-state index contributed by atoms with van der Waals surface area (Å²) < 4.78 is 5.79. The van der Waals surface area contributed by atoms with Crippen LogP contribution in [0.1, 0.15) is 29.9 Å². The molecule has 0 spiro atoms. The minimum atomic E-state index is 0.0620. The van der Waals surface area contributed by atoms with Crippen molar-refractivity contribution in [2.24, 2.45) is 4.99 Å². The molecule has 3 aromatic heterocycles. The van der Waals surface area contributed by atoms with Gasteiger partial charge in [0.05, 0.1) is 36.0 Å². The number of ether oxygens (including phenoxy) is 1. The van der Waals surface area contributed by atoms with Crippen LogP contribution in [0.4, 0.5) is 22.1 Å². The van der Waals surface area contributed by atoms with E-state index in [4.69, 9.17) is 4.74 Å². The van der Waals surface area contributed by atoms with Crippen LogP contribution >= 0.6 is 11.3 Å². The van der Waals surface area contributed by atoms with E-state index >= 15 is 0 Å². The molecule has 32 heavy (non-hydrogen) atoms. The molecule has 1 saturated heterocycles. The maximum atomic E-state index is 13.2. The van der Waals surface area contributed by atoms with Crippen molar-refractivity contribution in [3.05, 3.63) is 34.6 Å². The molecular formula is C22H23N7O2S. The first-order valence-corrected chi connectivity index (χ1v) is 11.6. The van der Waals surface area contributed by atoms with Crippen molar-refractivity contribution < 1.29 is 9.53 Å². The maximum absolute atomic E-state index is 13.2. The highest BCUT2D eigenvalue weighted by Gasteiger charge is 2.32. The number of urea groups is 1. The molecule has 10 heteroatoms. The second kappa shape index (κ2) is 7.49. The fourth-order valence-electron chi connectivity index (χ4n) is 4.67. The number of carbonyl (C=O) groups is 1. The number of thiophene rings is 1. The summed E-state index contributed by atoms with van der Waals surface area (Å²) in [6, 6.07) is 2.11. The summed E-state index contributed by atoms with van der Waals surface area (Å²) in [6.45, 7) is 6.60. The number of pyridine rings is 1. The van der Waals surface area contributed by atoms with Gasteiger partial charge in [0.15, 0.2) is 5.82 Å². The maximum Gasteiger partial charge on any atom is 0.320 e. The molecule has 2 unspecified atom stereocenters. The molecule has 1 N–H and O–H groups in total. The normalized spacial score (nSPS) is 21.8. The van der Waals surface area contributed by atoms with E-state index in [-0.39, 0.29) is 18.2 Å². The van der Waals surface area contributed by atoms with Gasteiger partial charge in [-0.25, -0.2) is 24.7 Å². The average Bonchev–Trinajstić information content (AvgIpc) is 3.13. The van der Waals surface area contributed by atoms with Gasteiger partial charge in [0, 0.05) is 36.3 Å². The van der Waals surface area contributed by atoms with Crippen LogP contribution in [-0.4, -0.2) is 68.8 Å². The van der Waals surface area contributed by atoms with Gasteiger partial charge in [-0.2, -0.15) is 0 Å². The highest BCUT2D eigenvalue weighted by molar-refractivity contribution is 7.19. The topological polar surface area (TPSA) is 95.8 Å². The highest BCUT2D eigenvalue weighted by Crippen LogP contribution is 2.38. The molecule has 0 aromatic carbocycles. The summed E-state index contributed by atoms with van der Waals surface area (Å²) in [7, 11) is 0. The van der Waals surface area contributed by atoms with Crippen molar-refractivity contribution in [1.29, 1.82) is 0 Å². The second-order valence-electron chi connectivity index (χ2n) is 8.54. The van der Waals surface area contributed by atoms with E-state index < -0.39 is 0 Å². The van der Waals surface area contributed by atoms with Crippen molar-refractivity contribution in [1.82, 2.24) is 24.8 Å². The Hall–Kier alpha value is -3.11. The molecule has 3 aromatic rings. The third kappa shape index (κ3) is 3.30. The van der Waals surface area contributed by atoms with Crippen LogP contribution in [0.2, 0.25) is 0 Å². The van der Waals surface area contributed by atoms with E-state index in [0.29, 0.717) is 26.2 Å². The van der Waals surface area contributed by atoms with Crippen LogP contribution in [0, 0.1) is 0 Å². The zero-order valence-electron chi connectivity index (χ0n) is 17.9. The van der Waals surface area contributed by atoms with Gasteiger partial charge in [-0.1, -0.05) is 0 Å². The lowest BCUT2D eigenvalue weighted by Crippen LogP contribution is -2.53. The molecule has 164 valence electrons. The number of amides is 2. The van der Waals surface area contributed by atoms with Crippen LogP contribution in [-0.2, 0) is 17.7 Å². The van der Waals surface area contributed by atoms with Crippen LogP contribution in [0.3, 0.4) is 0 Å². The fraction of sp³-hybridized carbons (Fsp3) is 0.409. The standard InChI is InChI=1S/C22H23N7O2S/c1-12-8-29(9-13(2)31-12)22(30)28-4-3-16-17(10-28)32-21-18(16)20(25-11-26-21)27-15-5-14-6-23-19(14)24-7-15/h5-7,11-13H,3-4,8-10H2,1-2H3,(H,25,26,27). The Bertz CT molecular complexity index is 1250. The molecule has 6 heterocycles. The lowest BCUT2D eigenvalue weighted by Gasteiger charge is -2.39. The average molecular weight is 450 g/mol. The third-order valence-corrected chi connectivity index (χ3v) is 7.21. The molecule has 3 aliphatic heterocycles. The van der Waals surface area contributed by atoms with Gasteiger partial charge in [-0.15, -0.1) is 11.3 Å². The monoisotopic (exact) mass is 449 g/mol. The van der Waals surface area contributed by atoms with Crippen LogP contribution < -0.4 is 5.32 Å². The first-order chi connectivity index (χ1) is 15.5. The minimum Gasteiger partial charge on any atom is -0.372 e. The van der Waals surface area contributed by atoms with Crippen molar-refractivity contribution in [2.45, 2.75) is 39.0 Å². The SMILES string of the molecule is CC1CN(C(=O)N2CCc3c(sc4ncnc(Nc5cnc6c(c5)C=N6)c34)C2)CC(C)O1. The smallest absolute Gasteiger partial charge is 0.320 e. The van der Waals surface area contributed by atoms with E-state index in [1.165, 1.54) is 10.4 Å². The summed E-state index contributed by atoms with van der Waals surface area (Å²) in [4.78, 5) is 36.7. The Balaban J connectivity index is 1.26. The summed E-state index contributed by atoms with van der Waals surface area (Å²) in [6.07, 6.45) is 6.07. The van der Waals surface area contributed by atoms with Gasteiger partial charge in [-0.05, 0) is 31.9 Å². The Kier molecular flexibility index (Phi) is 4.58. The Morgan fingerprint density at radius 2 is 2.03 bits per heavy atom. The van der Waals surface area contributed by atoms with E-state index in [2.05, 4.69) is 25.3 Å². The van der Waals surface area contributed by atoms with Gasteiger partial charge >= 0.3 is 6.03 Å². The van der Waals surface area contributed by atoms with Crippen molar-refractivity contribution in [3.63, 3.8) is 0 Å². The quantitative estimate of drug-likeness (QED) is 0.503. The van der Waals surface area contributed by atoms with Crippen molar-refractivity contribution >= 4 is 51.1 Å². The molecule has 2 amide bonds. The third-order valence-electron chi connectivity index (χ3n) is 6.08. The molecule has 0 bridgehead atoms. The lowest BCUT2D eigenvalue weighted by atomic mass is 10.0. The first kappa shape index (κ1) is 19.6. The second-order valence-corrected chi connectivity index (χ2v) is 9.63. The van der Waals surface area contributed by atoms with Crippen LogP contribution in [0.25, 0.3) is 10.2 Å². The van der Waals surface area contributed by atoms with Crippen molar-refractivity contribution in [3.8, 4) is 0 Å². The zero-order valence-corrected chi connectivity index (χ0v) is 18.7. The Morgan fingerprint density at radius 3 is 2.78 bits per heavy atom. The highest BCUT2D eigenvalue weighted by atomic mass is 32.1. The number of anilines is 2. The molecule has 1 fully saturated rings. The summed E-state index contributed by atoms with van der Waals surface area (Å²) >= 11 is 1.65. The number of aromatic nitrogens is 3. The molecule has 2 atom stereocenters. The number of hydrogen-bond acceptors (Lipinski definition) is 8. The summed E-state index contributed by atoms with van der Waals surface area (Å²) in [5.41, 5.74) is 3.13. The number of aliphatic imine (C=N–C) groups is 1. The number of fused-ring (bicyclic) bond motifs is 4. The van der Waals surface area contributed by atoms with Crippen molar-refractivity contribution in [2.75, 3.05) is 25.0 Å². The Morgan fingerprint density at radius 1 is 1.19 bits per heavy atom. The van der Waals surface area contributed by atoms with Crippen LogP contribution in [0.15, 0.2) is 23.6 Å². The van der Waals surface area contributed by atoms with E-state index in [1.54, 1.807) is 30.1 Å². The molecule has 0 radical (unpaired) electrons. The predicted octanol–water partition coefficient (Wildman–Crippen LogP) is 3.48. The summed E-state index contributed by atoms with van der Waals surface area (Å²) in [5, 5.41) is 4.46. The molecule has 0 aliphatic carbocycles. The molecular weight excluding hydrogens is 426 g/mol. The number of nitrogens with zero attached hydrogens (tertiary/aromatic N) is 6. The van der Waals surface area contributed by atoms with Crippen LogP contribution in [0.5, 0.6) is 0 Å². The number of nitrogens with one attached hydrogen (secondary N) is 1. The molecule has 9 nitrogen and oxygen atoms in total. The summed E-state index contributed by atoms with van der Waals surface area (Å²) in [5.74, 6) is 1.55. The molecule has 3 aliphatic rings. The van der Waals surface area contributed by atoms with Gasteiger partial charge in [0.2, 0.25) is 0 Å². The predicted molar refractivity (Wildman–Crippen MR) is 123 cm³/mol. The fourth-order valence-corrected chi connectivity index (χ4v) is 5.87. The number of morpholine rings is 1. The number of hydrogen-bond donors (Lipinski definition) is 1. The molecule has 0 saturated carbocycles. The largest absolute Gasteiger partial charge is 0.372 e. The number of rotatable bonds is 2. The van der Waals surface area contributed by atoms with E-state index in [1.807, 2.05) is 29.7 Å². The van der Waals surface area contributed by atoms with Gasteiger partial charge in [0.25, 0.3) is 0 Å². The van der Waals surface area contributed by atoms with Gasteiger partial charge in [0.1, 0.15) is 17.0 Å². The minimum absolute atomic E-state index is 0.0620. The van der Waals surface area contributed by atoms with E-state index in [0.717, 1.165) is 39.5 Å². The van der Waals surface area contributed by atoms with Gasteiger partial charge in [-0.3, -0.25) is 0 Å². The zero-order chi connectivity index (χ0) is 21.8. The van der Waals surface area contributed by atoms with Gasteiger partial charge < -0.3 is 19.9 Å².